The molecule has 1 aromatic heterocycles. The van der Waals surface area contributed by atoms with E-state index in [9.17, 15) is 4.79 Å². The average molecular weight is 388 g/mol. The van der Waals surface area contributed by atoms with Gasteiger partial charge in [-0.1, -0.05) is 48.0 Å². The molecule has 1 N–H and O–H groups in total. The number of nitrogens with zero attached hydrogens (tertiary/aromatic N) is 3. The lowest BCUT2D eigenvalue weighted by molar-refractivity contribution is -0.111. The van der Waals surface area contributed by atoms with Gasteiger partial charge >= 0.3 is 0 Å². The third-order valence-electron chi connectivity index (χ3n) is 4.63. The van der Waals surface area contributed by atoms with Crippen molar-refractivity contribution in [3.63, 3.8) is 0 Å². The number of hydrogen-bond acceptors (Lipinski definition) is 6. The number of rotatable bonds is 7. The number of methoxy groups -OCH3 is 1. The Labute approximate surface area is 170 Å². The number of carbonyl (C=O) groups excluding carboxylic acids is 1. The van der Waals surface area contributed by atoms with Gasteiger partial charge in [0.05, 0.1) is 12.8 Å². The van der Waals surface area contributed by atoms with Crippen molar-refractivity contribution >= 4 is 17.3 Å². The van der Waals surface area contributed by atoms with Crippen molar-refractivity contribution in [3.05, 3.63) is 71.3 Å². The average Bonchev–Trinajstić information content (AvgIpc) is 2.73. The maximum atomic E-state index is 11.5. The molecule has 6 nitrogen and oxygen atoms in total. The van der Waals surface area contributed by atoms with Crippen LogP contribution in [0.15, 0.2) is 59.7 Å². The van der Waals surface area contributed by atoms with Gasteiger partial charge in [-0.3, -0.25) is 10.2 Å². The van der Waals surface area contributed by atoms with Crippen LogP contribution in [0.4, 0.5) is 5.82 Å². The monoisotopic (exact) mass is 388 g/mol. The molecule has 0 saturated heterocycles. The van der Waals surface area contributed by atoms with E-state index in [-0.39, 0.29) is 5.78 Å². The lowest BCUT2D eigenvalue weighted by Gasteiger charge is -2.12. The maximum Gasteiger partial charge on any atom is 0.175 e. The summed E-state index contributed by atoms with van der Waals surface area (Å²) in [5, 5.41) is 12.8. The van der Waals surface area contributed by atoms with Crippen molar-refractivity contribution in [1.29, 1.82) is 0 Å². The Kier molecular flexibility index (Phi) is 6.34. The van der Waals surface area contributed by atoms with Gasteiger partial charge < -0.3 is 4.74 Å². The Balaban J connectivity index is 2.02. The molecular formula is C23H24N4O2. The van der Waals surface area contributed by atoms with E-state index in [1.165, 1.54) is 12.5 Å². The first-order chi connectivity index (χ1) is 14.0. The normalized spacial score (nSPS) is 11.2. The molecule has 29 heavy (non-hydrogen) atoms. The summed E-state index contributed by atoms with van der Waals surface area (Å²) in [6.45, 7) is 5.18. The van der Waals surface area contributed by atoms with E-state index >= 15 is 0 Å². The molecule has 1 heterocycles. The Morgan fingerprint density at radius 2 is 1.76 bits per heavy atom. The molecule has 0 aliphatic heterocycles. The number of hydrazone groups is 1. The first-order valence-electron chi connectivity index (χ1n) is 9.34. The minimum atomic E-state index is -0.104. The summed E-state index contributed by atoms with van der Waals surface area (Å²) in [5.74, 6) is 1.20. The molecule has 0 aliphatic rings. The Morgan fingerprint density at radius 1 is 1.03 bits per heavy atom. The van der Waals surface area contributed by atoms with Crippen molar-refractivity contribution < 1.29 is 9.53 Å². The van der Waals surface area contributed by atoms with Gasteiger partial charge in [-0.05, 0) is 31.5 Å². The van der Waals surface area contributed by atoms with Crippen LogP contribution in [0.25, 0.3) is 11.3 Å². The summed E-state index contributed by atoms with van der Waals surface area (Å²) in [6.07, 6.45) is 0.579. The van der Waals surface area contributed by atoms with Crippen LogP contribution in [0.3, 0.4) is 0 Å². The fourth-order valence-corrected chi connectivity index (χ4v) is 2.79. The summed E-state index contributed by atoms with van der Waals surface area (Å²) in [7, 11) is 1.65. The molecule has 3 aromatic rings. The number of aryl methyl sites for hydroxylation is 1. The lowest BCUT2D eigenvalue weighted by atomic mass is 10.0. The predicted octanol–water partition coefficient (Wildman–Crippen LogP) is 4.43. The molecule has 0 aliphatic carbocycles. The summed E-state index contributed by atoms with van der Waals surface area (Å²) in [4.78, 5) is 11.5. The molecule has 0 fully saturated rings. The van der Waals surface area contributed by atoms with Gasteiger partial charge in [-0.25, -0.2) is 0 Å². The lowest BCUT2D eigenvalue weighted by Crippen LogP contribution is -2.09. The number of aromatic nitrogens is 2. The van der Waals surface area contributed by atoms with Crippen LogP contribution in [0.5, 0.6) is 5.75 Å². The van der Waals surface area contributed by atoms with Crippen molar-refractivity contribution in [2.75, 3.05) is 12.5 Å². The van der Waals surface area contributed by atoms with Crippen molar-refractivity contribution in [2.45, 2.75) is 27.2 Å². The second-order valence-electron chi connectivity index (χ2n) is 6.82. The zero-order valence-electron chi connectivity index (χ0n) is 17.1. The third-order valence-corrected chi connectivity index (χ3v) is 4.63. The molecule has 148 valence electrons. The minimum absolute atomic E-state index is 0.104. The number of nitrogens with one attached hydrogen (secondary N) is 1. The smallest absolute Gasteiger partial charge is 0.175 e. The van der Waals surface area contributed by atoms with Gasteiger partial charge in [0, 0.05) is 24.5 Å². The highest BCUT2D eigenvalue weighted by molar-refractivity contribution is 6.38. The van der Waals surface area contributed by atoms with Gasteiger partial charge in [0.25, 0.3) is 0 Å². The fraction of sp³-hybridized carbons (Fsp3) is 0.217. The minimum Gasteiger partial charge on any atom is -0.496 e. The quantitative estimate of drug-likeness (QED) is 0.479. The van der Waals surface area contributed by atoms with E-state index in [0.29, 0.717) is 18.0 Å². The predicted molar refractivity (Wildman–Crippen MR) is 115 cm³/mol. The van der Waals surface area contributed by atoms with E-state index in [0.717, 1.165) is 28.1 Å². The first-order valence-corrected chi connectivity index (χ1v) is 9.34. The third kappa shape index (κ3) is 5.04. The molecule has 0 spiro atoms. The molecule has 0 saturated carbocycles. The summed E-state index contributed by atoms with van der Waals surface area (Å²) in [6, 6.07) is 18.0. The van der Waals surface area contributed by atoms with Crippen LogP contribution < -0.4 is 10.2 Å². The van der Waals surface area contributed by atoms with E-state index in [2.05, 4.69) is 20.7 Å². The van der Waals surface area contributed by atoms with Gasteiger partial charge in [0.1, 0.15) is 11.5 Å². The van der Waals surface area contributed by atoms with E-state index in [1.807, 2.05) is 61.5 Å². The Morgan fingerprint density at radius 3 is 2.45 bits per heavy atom. The molecule has 0 atom stereocenters. The molecule has 0 radical (unpaired) electrons. The van der Waals surface area contributed by atoms with Crippen LogP contribution in [-0.2, 0) is 11.2 Å². The number of ether oxygens (including phenoxy) is 1. The van der Waals surface area contributed by atoms with E-state index < -0.39 is 0 Å². The summed E-state index contributed by atoms with van der Waals surface area (Å²) < 4.78 is 5.49. The number of carbonyl (C=O) groups is 1. The summed E-state index contributed by atoms with van der Waals surface area (Å²) >= 11 is 0. The van der Waals surface area contributed by atoms with Gasteiger partial charge in [0.2, 0.25) is 0 Å². The molecule has 0 unspecified atom stereocenters. The Bertz CT molecular complexity index is 1040. The van der Waals surface area contributed by atoms with E-state index in [1.54, 1.807) is 14.0 Å². The number of hydrogen-bond donors (Lipinski definition) is 1. The van der Waals surface area contributed by atoms with Crippen molar-refractivity contribution in [2.24, 2.45) is 5.10 Å². The molecule has 2 aromatic carbocycles. The second-order valence-corrected chi connectivity index (χ2v) is 6.82. The Hall–Kier alpha value is -3.54. The number of Topliss-reactive ketones (excluding diaryl/α,β-unsaturated/α-hetero) is 1. The molecule has 6 heteroatoms. The second kappa shape index (κ2) is 9.10. The number of ketones is 1. The van der Waals surface area contributed by atoms with Crippen LogP contribution in [0, 0.1) is 6.92 Å². The van der Waals surface area contributed by atoms with Gasteiger partial charge in [-0.2, -0.15) is 5.10 Å². The highest BCUT2D eigenvalue weighted by atomic mass is 16.5. The van der Waals surface area contributed by atoms with Crippen LogP contribution in [0.2, 0.25) is 0 Å². The van der Waals surface area contributed by atoms with Gasteiger partial charge in [-0.15, -0.1) is 10.2 Å². The molecule has 3 rings (SSSR count). The van der Waals surface area contributed by atoms with Crippen LogP contribution in [-0.4, -0.2) is 28.8 Å². The van der Waals surface area contributed by atoms with Crippen molar-refractivity contribution in [3.8, 4) is 17.0 Å². The zero-order valence-corrected chi connectivity index (χ0v) is 17.1. The standard InChI is InChI=1S/C23H24N4O2/c1-15-9-11-18(12-10-15)21-14-20(13-19-7-5-6-8-22(19)29-4)23(27-25-21)26-24-16(2)17(3)28/h5-12,14H,13H2,1-4H3,(H,26,27)/b24-16-. The molecule has 0 amide bonds. The highest BCUT2D eigenvalue weighted by Gasteiger charge is 2.12. The fourth-order valence-electron chi connectivity index (χ4n) is 2.79. The molecular weight excluding hydrogens is 364 g/mol. The number of benzene rings is 2. The molecule has 0 bridgehead atoms. The van der Waals surface area contributed by atoms with E-state index in [4.69, 9.17) is 4.74 Å². The van der Waals surface area contributed by atoms with Crippen molar-refractivity contribution in [1.82, 2.24) is 10.2 Å². The largest absolute Gasteiger partial charge is 0.496 e. The zero-order chi connectivity index (χ0) is 20.8. The maximum absolute atomic E-state index is 11.5. The SMILES string of the molecule is COc1ccccc1Cc1cc(-c2ccc(C)cc2)nnc1N/N=C(/C)C(C)=O. The topological polar surface area (TPSA) is 76.5 Å². The summed E-state index contributed by atoms with van der Waals surface area (Å²) in [5.41, 5.74) is 8.13. The number of para-hydroxylation sites is 1. The van der Waals surface area contributed by atoms with Crippen LogP contribution >= 0.6 is 0 Å². The number of anilines is 1. The van der Waals surface area contributed by atoms with Gasteiger partial charge in [0.15, 0.2) is 11.6 Å². The van der Waals surface area contributed by atoms with Crippen LogP contribution in [0.1, 0.15) is 30.5 Å². The highest BCUT2D eigenvalue weighted by Crippen LogP contribution is 2.27. The first kappa shape index (κ1) is 20.2.